The Morgan fingerprint density at radius 3 is 2.18 bits per heavy atom. The zero-order chi connectivity index (χ0) is 16.4. The van der Waals surface area contributed by atoms with Crippen LogP contribution in [0.15, 0.2) is 24.3 Å². The fourth-order valence-corrected chi connectivity index (χ4v) is 2.86. The molecular weight excluding hydrogens is 270 g/mol. The maximum Gasteiger partial charge on any atom is 0.119 e. The lowest BCUT2D eigenvalue weighted by atomic mass is 9.97. The second-order valence-electron chi connectivity index (χ2n) is 6.25. The minimum absolute atomic E-state index is 0.577. The van der Waals surface area contributed by atoms with Crippen LogP contribution in [0, 0.1) is 5.92 Å². The molecule has 0 radical (unpaired) electrons. The van der Waals surface area contributed by atoms with Crippen LogP contribution < -0.4 is 9.64 Å². The molecule has 0 amide bonds. The van der Waals surface area contributed by atoms with Crippen LogP contribution in [0.4, 0.5) is 5.69 Å². The van der Waals surface area contributed by atoms with E-state index >= 15 is 0 Å². The minimum atomic E-state index is 0.577. The van der Waals surface area contributed by atoms with Gasteiger partial charge in [-0.2, -0.15) is 0 Å². The van der Waals surface area contributed by atoms with Crippen molar-refractivity contribution in [1.29, 1.82) is 0 Å². The summed E-state index contributed by atoms with van der Waals surface area (Å²) in [4.78, 5) is 2.58. The normalized spacial score (nSPS) is 13.7. The van der Waals surface area contributed by atoms with Crippen molar-refractivity contribution in [2.24, 2.45) is 5.92 Å². The largest absolute Gasteiger partial charge is 0.494 e. The number of anilines is 1. The average Bonchev–Trinajstić information content (AvgIpc) is 2.56. The van der Waals surface area contributed by atoms with Crippen LogP contribution in [-0.2, 0) is 0 Å². The van der Waals surface area contributed by atoms with E-state index in [1.807, 2.05) is 6.92 Å². The number of hydrogen-bond acceptors (Lipinski definition) is 2. The van der Waals surface area contributed by atoms with Crippen LogP contribution in [0.2, 0.25) is 0 Å². The molecule has 0 bridgehead atoms. The summed E-state index contributed by atoms with van der Waals surface area (Å²) in [5.74, 6) is 1.76. The van der Waals surface area contributed by atoms with Crippen molar-refractivity contribution >= 4 is 5.69 Å². The maximum atomic E-state index is 5.56. The Bertz CT molecular complexity index is 387. The summed E-state index contributed by atoms with van der Waals surface area (Å²) in [5.41, 5.74) is 1.33. The molecule has 0 saturated carbocycles. The molecule has 1 rings (SSSR count). The number of benzene rings is 1. The molecule has 0 aliphatic heterocycles. The van der Waals surface area contributed by atoms with E-state index < -0.39 is 0 Å². The Hall–Kier alpha value is -1.18. The highest BCUT2D eigenvalue weighted by Gasteiger charge is 2.17. The highest BCUT2D eigenvalue weighted by molar-refractivity contribution is 5.50. The van der Waals surface area contributed by atoms with Crippen molar-refractivity contribution in [3.05, 3.63) is 24.3 Å². The summed E-state index contributed by atoms with van der Waals surface area (Å²) >= 11 is 0. The summed E-state index contributed by atoms with van der Waals surface area (Å²) < 4.78 is 5.56. The lowest BCUT2D eigenvalue weighted by Gasteiger charge is -2.34. The van der Waals surface area contributed by atoms with Gasteiger partial charge in [0, 0.05) is 18.3 Å². The van der Waals surface area contributed by atoms with E-state index in [0.717, 1.165) is 18.3 Å². The van der Waals surface area contributed by atoms with Gasteiger partial charge in [-0.3, -0.25) is 0 Å². The molecule has 22 heavy (non-hydrogen) atoms. The molecule has 2 nitrogen and oxygen atoms in total. The second-order valence-corrected chi connectivity index (χ2v) is 6.25. The van der Waals surface area contributed by atoms with E-state index in [0.29, 0.717) is 6.04 Å². The van der Waals surface area contributed by atoms with Gasteiger partial charge in [0.05, 0.1) is 6.61 Å². The number of unbranched alkanes of at least 4 members (excludes halogenated alkanes) is 1. The quantitative estimate of drug-likeness (QED) is 0.504. The van der Waals surface area contributed by atoms with Crippen molar-refractivity contribution in [3.8, 4) is 5.75 Å². The Kier molecular flexibility index (Phi) is 9.03. The molecule has 1 aromatic carbocycles. The van der Waals surface area contributed by atoms with Crippen LogP contribution in [0.3, 0.4) is 0 Å². The minimum Gasteiger partial charge on any atom is -0.494 e. The predicted octanol–water partition coefficient (Wildman–Crippen LogP) is 5.91. The first-order valence-electron chi connectivity index (χ1n) is 9.15. The molecule has 0 saturated heterocycles. The van der Waals surface area contributed by atoms with Crippen LogP contribution in [-0.4, -0.2) is 19.2 Å². The summed E-state index contributed by atoms with van der Waals surface area (Å²) in [7, 11) is 0. The summed E-state index contributed by atoms with van der Waals surface area (Å²) in [5, 5.41) is 0. The first-order valence-corrected chi connectivity index (χ1v) is 9.15. The lowest BCUT2D eigenvalue weighted by molar-refractivity contribution is 0.340. The van der Waals surface area contributed by atoms with E-state index in [1.54, 1.807) is 0 Å². The molecule has 0 aliphatic carbocycles. The molecule has 1 aromatic rings. The third kappa shape index (κ3) is 5.90. The van der Waals surface area contributed by atoms with Gasteiger partial charge in [0.15, 0.2) is 0 Å². The van der Waals surface area contributed by atoms with Gasteiger partial charge >= 0.3 is 0 Å². The molecule has 0 heterocycles. The fraction of sp³-hybridized carbons (Fsp3) is 0.700. The number of hydrogen-bond donors (Lipinski definition) is 0. The molecule has 2 unspecified atom stereocenters. The van der Waals surface area contributed by atoms with E-state index in [9.17, 15) is 0 Å². The molecule has 0 aromatic heterocycles. The maximum absolute atomic E-state index is 5.56. The fourth-order valence-electron chi connectivity index (χ4n) is 2.86. The van der Waals surface area contributed by atoms with Crippen molar-refractivity contribution in [2.75, 3.05) is 18.1 Å². The first kappa shape index (κ1) is 18.9. The summed E-state index contributed by atoms with van der Waals surface area (Å²) in [6.07, 6.45) is 6.43. The SMILES string of the molecule is CCCCC(CC)CN(c1ccc(OCC)cc1)C(C)CC. The van der Waals surface area contributed by atoms with Crippen molar-refractivity contribution in [1.82, 2.24) is 0 Å². The molecule has 0 spiro atoms. The number of nitrogens with zero attached hydrogens (tertiary/aromatic N) is 1. The smallest absolute Gasteiger partial charge is 0.119 e. The molecule has 0 N–H and O–H groups in total. The standard InChI is InChI=1S/C20H35NO/c1-6-10-11-18(8-3)16-21(17(5)7-2)19-12-14-20(15-13-19)22-9-4/h12-15,17-18H,6-11,16H2,1-5H3. The van der Waals surface area contributed by atoms with Crippen LogP contribution in [0.25, 0.3) is 0 Å². The van der Waals surface area contributed by atoms with Gasteiger partial charge in [-0.05, 0) is 56.9 Å². The van der Waals surface area contributed by atoms with E-state index in [2.05, 4.69) is 56.9 Å². The monoisotopic (exact) mass is 305 g/mol. The van der Waals surface area contributed by atoms with Gasteiger partial charge < -0.3 is 9.64 Å². The Balaban J connectivity index is 2.82. The van der Waals surface area contributed by atoms with Crippen LogP contribution in [0.1, 0.15) is 66.7 Å². The van der Waals surface area contributed by atoms with Crippen LogP contribution in [0.5, 0.6) is 5.75 Å². The third-order valence-corrected chi connectivity index (χ3v) is 4.60. The second kappa shape index (κ2) is 10.5. The lowest BCUT2D eigenvalue weighted by Crippen LogP contribution is -2.36. The van der Waals surface area contributed by atoms with E-state index in [-0.39, 0.29) is 0 Å². The molecule has 2 heteroatoms. The Labute approximate surface area is 137 Å². The number of rotatable bonds is 11. The van der Waals surface area contributed by atoms with Gasteiger partial charge in [0.25, 0.3) is 0 Å². The van der Waals surface area contributed by atoms with E-state index in [4.69, 9.17) is 4.74 Å². The molecular formula is C20H35NO. The van der Waals surface area contributed by atoms with Gasteiger partial charge in [-0.15, -0.1) is 0 Å². The van der Waals surface area contributed by atoms with E-state index in [1.165, 1.54) is 44.3 Å². The summed E-state index contributed by atoms with van der Waals surface area (Å²) in [6, 6.07) is 9.20. The third-order valence-electron chi connectivity index (χ3n) is 4.60. The molecule has 0 aliphatic rings. The van der Waals surface area contributed by atoms with Crippen LogP contribution >= 0.6 is 0 Å². The first-order chi connectivity index (χ1) is 10.7. The zero-order valence-corrected chi connectivity index (χ0v) is 15.3. The van der Waals surface area contributed by atoms with Crippen molar-refractivity contribution < 1.29 is 4.74 Å². The Morgan fingerprint density at radius 1 is 1.00 bits per heavy atom. The van der Waals surface area contributed by atoms with Gasteiger partial charge in [-0.25, -0.2) is 0 Å². The number of ether oxygens (including phenoxy) is 1. The highest BCUT2D eigenvalue weighted by Crippen LogP contribution is 2.25. The zero-order valence-electron chi connectivity index (χ0n) is 15.3. The van der Waals surface area contributed by atoms with Crippen molar-refractivity contribution in [3.63, 3.8) is 0 Å². The van der Waals surface area contributed by atoms with Crippen molar-refractivity contribution in [2.45, 2.75) is 72.8 Å². The van der Waals surface area contributed by atoms with Gasteiger partial charge in [0.1, 0.15) is 5.75 Å². The highest BCUT2D eigenvalue weighted by atomic mass is 16.5. The molecule has 2 atom stereocenters. The Morgan fingerprint density at radius 2 is 1.68 bits per heavy atom. The summed E-state index contributed by atoms with van der Waals surface area (Å²) in [6.45, 7) is 13.1. The van der Waals surface area contributed by atoms with Gasteiger partial charge in [-0.1, -0.05) is 40.0 Å². The van der Waals surface area contributed by atoms with Gasteiger partial charge in [0.2, 0.25) is 0 Å². The predicted molar refractivity (Wildman–Crippen MR) is 98.0 cm³/mol. The topological polar surface area (TPSA) is 12.5 Å². The molecule has 0 fully saturated rings. The molecule has 126 valence electrons. The average molecular weight is 306 g/mol.